The van der Waals surface area contributed by atoms with Crippen molar-refractivity contribution in [3.63, 3.8) is 0 Å². The van der Waals surface area contributed by atoms with Crippen molar-refractivity contribution in [1.29, 1.82) is 0 Å². The van der Waals surface area contributed by atoms with E-state index in [-0.39, 0.29) is 12.5 Å². The Morgan fingerprint density at radius 1 is 1.27 bits per heavy atom. The Labute approximate surface area is 176 Å². The summed E-state index contributed by atoms with van der Waals surface area (Å²) in [6.07, 6.45) is 1.68. The van der Waals surface area contributed by atoms with Crippen LogP contribution in [0.4, 0.5) is 21.9 Å². The summed E-state index contributed by atoms with van der Waals surface area (Å²) in [5.41, 5.74) is 1.10. The van der Waals surface area contributed by atoms with Gasteiger partial charge in [0.1, 0.15) is 18.1 Å². The lowest BCUT2D eigenvalue weighted by molar-refractivity contribution is -0.127. The highest BCUT2D eigenvalue weighted by Crippen LogP contribution is 2.38. The van der Waals surface area contributed by atoms with Crippen LogP contribution in [-0.2, 0) is 4.79 Å². The van der Waals surface area contributed by atoms with Gasteiger partial charge in [-0.05, 0) is 45.0 Å². The molecule has 0 aliphatic carbocycles. The molecular weight excluding hydrogens is 382 g/mol. The molecule has 2 aromatic rings. The molecule has 0 unspecified atom stereocenters. The second-order valence-electron chi connectivity index (χ2n) is 7.57. The number of carbonyl (C=O) groups excluding carboxylic acids is 2. The van der Waals surface area contributed by atoms with E-state index < -0.39 is 11.4 Å². The zero-order chi connectivity index (χ0) is 21.7. The standard InChI is InChI=1S/C23H27N3O4/c1-5-13-26-18-12-11-16(14-20(18)30-15-23(3,4)21(26)27)24-22(28)25-17-9-7-8-10-19(17)29-6-2/h5,7-12,14H,1,6,13,15H2,2-4H3,(H2,24,25,28). The molecule has 0 aromatic heterocycles. The van der Waals surface area contributed by atoms with Crippen LogP contribution in [0.2, 0.25) is 0 Å². The van der Waals surface area contributed by atoms with Crippen molar-refractivity contribution < 1.29 is 19.1 Å². The van der Waals surface area contributed by atoms with Gasteiger partial charge in [0.25, 0.3) is 0 Å². The maximum Gasteiger partial charge on any atom is 0.323 e. The van der Waals surface area contributed by atoms with Crippen molar-refractivity contribution in [2.75, 3.05) is 35.3 Å². The maximum absolute atomic E-state index is 12.9. The van der Waals surface area contributed by atoms with E-state index in [1.165, 1.54) is 0 Å². The first kappa shape index (κ1) is 21.2. The second kappa shape index (κ2) is 8.90. The molecule has 0 fully saturated rings. The average Bonchev–Trinajstić information content (AvgIpc) is 2.80. The van der Waals surface area contributed by atoms with Crippen LogP contribution in [0.1, 0.15) is 20.8 Å². The molecule has 0 spiro atoms. The summed E-state index contributed by atoms with van der Waals surface area (Å²) in [6, 6.07) is 12.0. The van der Waals surface area contributed by atoms with Gasteiger partial charge in [0.2, 0.25) is 5.91 Å². The Hall–Kier alpha value is -3.48. The summed E-state index contributed by atoms with van der Waals surface area (Å²) in [4.78, 5) is 27.0. The average molecular weight is 409 g/mol. The number of ether oxygens (including phenoxy) is 2. The number of anilines is 3. The molecule has 0 radical (unpaired) electrons. The van der Waals surface area contributed by atoms with Crippen molar-refractivity contribution >= 4 is 29.0 Å². The van der Waals surface area contributed by atoms with Crippen LogP contribution >= 0.6 is 0 Å². The first-order valence-corrected chi connectivity index (χ1v) is 9.85. The Balaban J connectivity index is 1.80. The molecule has 7 nitrogen and oxygen atoms in total. The third kappa shape index (κ3) is 4.56. The molecule has 1 aliphatic heterocycles. The molecule has 2 aromatic carbocycles. The number of fused-ring (bicyclic) bond motifs is 1. The van der Waals surface area contributed by atoms with Crippen molar-refractivity contribution in [3.8, 4) is 11.5 Å². The predicted octanol–water partition coefficient (Wildman–Crippen LogP) is 4.67. The largest absolute Gasteiger partial charge is 0.492 e. The first-order valence-electron chi connectivity index (χ1n) is 9.85. The molecule has 2 N–H and O–H groups in total. The molecule has 0 bridgehead atoms. The lowest BCUT2D eigenvalue weighted by Gasteiger charge is -2.27. The van der Waals surface area contributed by atoms with Crippen LogP contribution in [0.5, 0.6) is 11.5 Å². The molecular formula is C23H27N3O4. The predicted molar refractivity (Wildman–Crippen MR) is 119 cm³/mol. The van der Waals surface area contributed by atoms with E-state index in [1.807, 2.05) is 32.9 Å². The molecule has 3 amide bonds. The molecule has 0 saturated heterocycles. The van der Waals surface area contributed by atoms with Gasteiger partial charge in [-0.1, -0.05) is 18.2 Å². The third-order valence-corrected chi connectivity index (χ3v) is 4.67. The minimum atomic E-state index is -0.671. The van der Waals surface area contributed by atoms with E-state index in [2.05, 4.69) is 17.2 Å². The number of para-hydroxylation sites is 2. The number of hydrogen-bond donors (Lipinski definition) is 2. The zero-order valence-corrected chi connectivity index (χ0v) is 17.5. The fourth-order valence-electron chi connectivity index (χ4n) is 3.17. The molecule has 30 heavy (non-hydrogen) atoms. The summed E-state index contributed by atoms with van der Waals surface area (Å²) in [6.45, 7) is 10.4. The second-order valence-corrected chi connectivity index (χ2v) is 7.57. The highest BCUT2D eigenvalue weighted by atomic mass is 16.5. The smallest absolute Gasteiger partial charge is 0.323 e. The maximum atomic E-state index is 12.9. The van der Waals surface area contributed by atoms with E-state index >= 15 is 0 Å². The number of hydrogen-bond acceptors (Lipinski definition) is 4. The lowest BCUT2D eigenvalue weighted by atomic mass is 9.93. The molecule has 0 saturated carbocycles. The minimum Gasteiger partial charge on any atom is -0.492 e. The monoisotopic (exact) mass is 409 g/mol. The molecule has 0 atom stereocenters. The summed E-state index contributed by atoms with van der Waals surface area (Å²) in [7, 11) is 0. The van der Waals surface area contributed by atoms with E-state index in [0.717, 1.165) is 0 Å². The molecule has 3 rings (SSSR count). The minimum absolute atomic E-state index is 0.0351. The van der Waals surface area contributed by atoms with E-state index in [1.54, 1.807) is 41.3 Å². The zero-order valence-electron chi connectivity index (χ0n) is 17.5. The Kier molecular flexibility index (Phi) is 6.30. The van der Waals surface area contributed by atoms with Gasteiger partial charge in [-0.2, -0.15) is 0 Å². The Bertz CT molecular complexity index is 955. The van der Waals surface area contributed by atoms with Crippen molar-refractivity contribution in [3.05, 3.63) is 55.1 Å². The SMILES string of the molecule is C=CCN1C(=O)C(C)(C)COc2cc(NC(=O)Nc3ccccc3OCC)ccc21. The summed E-state index contributed by atoms with van der Waals surface area (Å²) < 4.78 is 11.4. The number of amides is 3. The topological polar surface area (TPSA) is 79.9 Å². The van der Waals surface area contributed by atoms with Gasteiger partial charge < -0.3 is 25.0 Å². The van der Waals surface area contributed by atoms with Crippen molar-refractivity contribution in [2.24, 2.45) is 5.41 Å². The van der Waals surface area contributed by atoms with Crippen molar-refractivity contribution in [2.45, 2.75) is 20.8 Å². The lowest BCUT2D eigenvalue weighted by Crippen LogP contribution is -2.42. The Morgan fingerprint density at radius 2 is 2.03 bits per heavy atom. The normalized spacial score (nSPS) is 14.8. The van der Waals surface area contributed by atoms with Gasteiger partial charge in [0, 0.05) is 18.3 Å². The summed E-state index contributed by atoms with van der Waals surface area (Å²) in [5, 5.41) is 5.59. The van der Waals surface area contributed by atoms with Gasteiger partial charge >= 0.3 is 6.03 Å². The van der Waals surface area contributed by atoms with Gasteiger partial charge in [-0.15, -0.1) is 6.58 Å². The number of rotatable bonds is 6. The highest BCUT2D eigenvalue weighted by Gasteiger charge is 2.37. The number of benzene rings is 2. The number of nitrogens with zero attached hydrogens (tertiary/aromatic N) is 1. The number of urea groups is 1. The third-order valence-electron chi connectivity index (χ3n) is 4.67. The summed E-state index contributed by atoms with van der Waals surface area (Å²) >= 11 is 0. The van der Waals surface area contributed by atoms with Crippen LogP contribution < -0.4 is 25.0 Å². The van der Waals surface area contributed by atoms with Crippen LogP contribution in [0, 0.1) is 5.41 Å². The molecule has 1 heterocycles. The van der Waals surface area contributed by atoms with Crippen LogP contribution in [0.15, 0.2) is 55.1 Å². The van der Waals surface area contributed by atoms with E-state index in [9.17, 15) is 9.59 Å². The quantitative estimate of drug-likeness (QED) is 0.680. The molecule has 1 aliphatic rings. The first-order chi connectivity index (χ1) is 14.4. The Morgan fingerprint density at radius 3 is 2.77 bits per heavy atom. The summed E-state index contributed by atoms with van der Waals surface area (Å²) in [5.74, 6) is 1.09. The van der Waals surface area contributed by atoms with Crippen LogP contribution in [-0.4, -0.2) is 31.7 Å². The number of carbonyl (C=O) groups is 2. The number of nitrogens with one attached hydrogen (secondary N) is 2. The fraction of sp³-hybridized carbons (Fsp3) is 0.304. The highest BCUT2D eigenvalue weighted by molar-refractivity contribution is 6.02. The molecule has 158 valence electrons. The van der Waals surface area contributed by atoms with E-state index in [0.29, 0.717) is 41.7 Å². The van der Waals surface area contributed by atoms with Crippen molar-refractivity contribution in [1.82, 2.24) is 0 Å². The van der Waals surface area contributed by atoms with Gasteiger partial charge in [0.05, 0.1) is 23.4 Å². The molecule has 7 heteroatoms. The van der Waals surface area contributed by atoms with Gasteiger partial charge in [-0.25, -0.2) is 4.79 Å². The fourth-order valence-corrected chi connectivity index (χ4v) is 3.17. The van der Waals surface area contributed by atoms with E-state index in [4.69, 9.17) is 9.47 Å². The van der Waals surface area contributed by atoms with Gasteiger partial charge in [0.15, 0.2) is 0 Å². The van der Waals surface area contributed by atoms with Gasteiger partial charge in [-0.3, -0.25) is 4.79 Å². The van der Waals surface area contributed by atoms with Crippen LogP contribution in [0.3, 0.4) is 0 Å². The van der Waals surface area contributed by atoms with Crippen LogP contribution in [0.25, 0.3) is 0 Å².